The molecule has 1 aliphatic rings. The van der Waals surface area contributed by atoms with E-state index in [0.29, 0.717) is 6.04 Å². The Balaban J connectivity index is 1.81. The number of nitrogens with two attached hydrogens (primary N) is 1. The second kappa shape index (κ2) is 7.49. The largest absolute Gasteiger partial charge is 0.329 e. The predicted octanol–water partition coefficient (Wildman–Crippen LogP) is 1.75. The number of piperazine rings is 1. The maximum absolute atomic E-state index is 5.67. The summed E-state index contributed by atoms with van der Waals surface area (Å²) in [6, 6.07) is 15.3. The lowest BCUT2D eigenvalue weighted by Gasteiger charge is -2.39. The Hall–Kier alpha value is -1.75. The zero-order valence-corrected chi connectivity index (χ0v) is 12.9. The van der Waals surface area contributed by atoms with Gasteiger partial charge in [0.05, 0.1) is 6.04 Å². The average Bonchev–Trinajstić information content (AvgIpc) is 2.59. The minimum absolute atomic E-state index is 0.309. The fourth-order valence-electron chi connectivity index (χ4n) is 3.22. The molecular weight excluding hydrogens is 272 g/mol. The molecule has 0 saturated carbocycles. The van der Waals surface area contributed by atoms with Crippen LogP contribution in [0.25, 0.3) is 0 Å². The number of hydrogen-bond donors (Lipinski definition) is 1. The van der Waals surface area contributed by atoms with Gasteiger partial charge in [0.15, 0.2) is 0 Å². The lowest BCUT2D eigenvalue weighted by molar-refractivity contribution is 0.111. The number of hydrogen-bond acceptors (Lipinski definition) is 4. The van der Waals surface area contributed by atoms with Crippen molar-refractivity contribution in [2.75, 3.05) is 39.3 Å². The molecule has 0 aliphatic carbocycles. The molecule has 1 fully saturated rings. The summed E-state index contributed by atoms with van der Waals surface area (Å²) in [6.45, 7) is 6.06. The number of rotatable bonds is 5. The van der Waals surface area contributed by atoms with Crippen molar-refractivity contribution in [3.05, 3.63) is 66.0 Å². The standard InChI is InChI=1S/C18H24N4/c19-8-11-21-12-14-22(15-13-21)18(16-4-2-1-3-5-16)17-6-9-20-10-7-17/h1-7,9-10,18H,8,11-15,19H2/t18-/m1/s1. The Kier molecular flexibility index (Phi) is 5.16. The molecule has 4 nitrogen and oxygen atoms in total. The van der Waals surface area contributed by atoms with Gasteiger partial charge in [0.25, 0.3) is 0 Å². The summed E-state index contributed by atoms with van der Waals surface area (Å²) in [4.78, 5) is 9.18. The topological polar surface area (TPSA) is 45.4 Å². The fraction of sp³-hybridized carbons (Fsp3) is 0.389. The molecule has 1 aromatic carbocycles. The third-order valence-corrected chi connectivity index (χ3v) is 4.35. The SMILES string of the molecule is NCCN1CCN([C@H](c2ccccc2)c2ccncc2)CC1. The molecule has 0 bridgehead atoms. The van der Waals surface area contributed by atoms with E-state index in [1.54, 1.807) is 0 Å². The van der Waals surface area contributed by atoms with Crippen LogP contribution in [0.5, 0.6) is 0 Å². The van der Waals surface area contributed by atoms with Gasteiger partial charge in [-0.1, -0.05) is 30.3 Å². The molecule has 1 aromatic heterocycles. The lowest BCUT2D eigenvalue weighted by atomic mass is 9.97. The minimum atomic E-state index is 0.309. The molecule has 22 heavy (non-hydrogen) atoms. The number of pyridine rings is 1. The first-order valence-corrected chi connectivity index (χ1v) is 8.00. The van der Waals surface area contributed by atoms with E-state index < -0.39 is 0 Å². The smallest absolute Gasteiger partial charge is 0.0603 e. The maximum Gasteiger partial charge on any atom is 0.0603 e. The quantitative estimate of drug-likeness (QED) is 0.913. The van der Waals surface area contributed by atoms with Crippen molar-refractivity contribution in [1.82, 2.24) is 14.8 Å². The number of nitrogens with zero attached hydrogens (tertiary/aromatic N) is 3. The van der Waals surface area contributed by atoms with Gasteiger partial charge < -0.3 is 5.73 Å². The molecule has 0 spiro atoms. The van der Waals surface area contributed by atoms with E-state index in [4.69, 9.17) is 5.73 Å². The maximum atomic E-state index is 5.67. The van der Waals surface area contributed by atoms with Crippen molar-refractivity contribution in [1.29, 1.82) is 0 Å². The van der Waals surface area contributed by atoms with Gasteiger partial charge in [0.2, 0.25) is 0 Å². The van der Waals surface area contributed by atoms with E-state index in [2.05, 4.69) is 57.2 Å². The molecule has 1 aliphatic heterocycles. The fourth-order valence-corrected chi connectivity index (χ4v) is 3.22. The van der Waals surface area contributed by atoms with Crippen molar-refractivity contribution in [2.45, 2.75) is 6.04 Å². The molecule has 0 unspecified atom stereocenters. The summed E-state index contributed by atoms with van der Waals surface area (Å²) in [5.41, 5.74) is 8.34. The Morgan fingerprint density at radius 3 is 2.18 bits per heavy atom. The summed E-state index contributed by atoms with van der Waals surface area (Å²) in [7, 11) is 0. The van der Waals surface area contributed by atoms with E-state index in [0.717, 1.165) is 39.3 Å². The lowest BCUT2D eigenvalue weighted by Crippen LogP contribution is -2.48. The summed E-state index contributed by atoms with van der Waals surface area (Å²) in [6.07, 6.45) is 3.77. The summed E-state index contributed by atoms with van der Waals surface area (Å²) >= 11 is 0. The van der Waals surface area contributed by atoms with Gasteiger partial charge in [0.1, 0.15) is 0 Å². The highest BCUT2D eigenvalue weighted by atomic mass is 15.3. The van der Waals surface area contributed by atoms with Gasteiger partial charge in [-0.25, -0.2) is 0 Å². The third-order valence-electron chi connectivity index (χ3n) is 4.35. The van der Waals surface area contributed by atoms with Crippen molar-refractivity contribution >= 4 is 0 Å². The van der Waals surface area contributed by atoms with Gasteiger partial charge >= 0.3 is 0 Å². The molecule has 4 heteroatoms. The predicted molar refractivity (Wildman–Crippen MR) is 89.6 cm³/mol. The zero-order valence-electron chi connectivity index (χ0n) is 12.9. The van der Waals surface area contributed by atoms with Crippen LogP contribution in [-0.4, -0.2) is 54.1 Å². The Bertz CT molecular complexity index is 510. The van der Waals surface area contributed by atoms with Crippen LogP contribution in [0.4, 0.5) is 0 Å². The molecule has 116 valence electrons. The van der Waals surface area contributed by atoms with Gasteiger partial charge in [-0.2, -0.15) is 0 Å². The molecule has 1 atom stereocenters. The first-order chi connectivity index (χ1) is 10.9. The van der Waals surface area contributed by atoms with Crippen LogP contribution < -0.4 is 5.73 Å². The van der Waals surface area contributed by atoms with E-state index >= 15 is 0 Å². The summed E-state index contributed by atoms with van der Waals surface area (Å²) in [5.74, 6) is 0. The first kappa shape index (κ1) is 15.2. The zero-order chi connectivity index (χ0) is 15.2. The average molecular weight is 296 g/mol. The molecule has 2 N–H and O–H groups in total. The molecule has 2 heterocycles. The van der Waals surface area contributed by atoms with E-state index in [1.165, 1.54) is 11.1 Å². The Morgan fingerprint density at radius 2 is 1.55 bits per heavy atom. The van der Waals surface area contributed by atoms with Crippen molar-refractivity contribution < 1.29 is 0 Å². The summed E-state index contributed by atoms with van der Waals surface area (Å²) in [5, 5.41) is 0. The molecule has 0 amide bonds. The molecule has 1 saturated heterocycles. The van der Waals surface area contributed by atoms with Crippen LogP contribution in [0, 0.1) is 0 Å². The number of aromatic nitrogens is 1. The van der Waals surface area contributed by atoms with Crippen LogP contribution in [0.2, 0.25) is 0 Å². The third kappa shape index (κ3) is 3.53. The monoisotopic (exact) mass is 296 g/mol. The van der Waals surface area contributed by atoms with Crippen LogP contribution in [-0.2, 0) is 0 Å². The highest BCUT2D eigenvalue weighted by Crippen LogP contribution is 2.29. The first-order valence-electron chi connectivity index (χ1n) is 8.00. The van der Waals surface area contributed by atoms with Crippen LogP contribution in [0.3, 0.4) is 0 Å². The minimum Gasteiger partial charge on any atom is -0.329 e. The van der Waals surface area contributed by atoms with E-state index in [1.807, 2.05) is 12.4 Å². The molecular formula is C18H24N4. The molecule has 0 radical (unpaired) electrons. The normalized spacial score (nSPS) is 18.2. The second-order valence-corrected chi connectivity index (χ2v) is 5.76. The number of benzene rings is 1. The van der Waals surface area contributed by atoms with Gasteiger partial charge in [-0.3, -0.25) is 14.8 Å². The Labute approximate surface area is 132 Å². The Morgan fingerprint density at radius 1 is 0.909 bits per heavy atom. The van der Waals surface area contributed by atoms with Crippen molar-refractivity contribution in [2.24, 2.45) is 5.73 Å². The highest BCUT2D eigenvalue weighted by molar-refractivity contribution is 5.30. The van der Waals surface area contributed by atoms with Crippen molar-refractivity contribution in [3.8, 4) is 0 Å². The van der Waals surface area contributed by atoms with Gasteiger partial charge in [0, 0.05) is 51.7 Å². The van der Waals surface area contributed by atoms with Crippen LogP contribution >= 0.6 is 0 Å². The molecule has 2 aromatic rings. The highest BCUT2D eigenvalue weighted by Gasteiger charge is 2.25. The van der Waals surface area contributed by atoms with E-state index in [-0.39, 0.29) is 0 Å². The van der Waals surface area contributed by atoms with Gasteiger partial charge in [-0.05, 0) is 23.3 Å². The summed E-state index contributed by atoms with van der Waals surface area (Å²) < 4.78 is 0. The molecule has 3 rings (SSSR count). The second-order valence-electron chi connectivity index (χ2n) is 5.76. The van der Waals surface area contributed by atoms with Crippen LogP contribution in [0.1, 0.15) is 17.2 Å². The van der Waals surface area contributed by atoms with E-state index in [9.17, 15) is 0 Å². The van der Waals surface area contributed by atoms with Gasteiger partial charge in [-0.15, -0.1) is 0 Å². The van der Waals surface area contributed by atoms with Crippen LogP contribution in [0.15, 0.2) is 54.9 Å². The van der Waals surface area contributed by atoms with Crippen molar-refractivity contribution in [3.63, 3.8) is 0 Å².